The smallest absolute Gasteiger partial charge is 0.276 e. The molecule has 1 N–H and O–H groups in total. The minimum Gasteiger partial charge on any atom is -0.289 e. The van der Waals surface area contributed by atoms with Gasteiger partial charge in [-0.1, -0.05) is 6.07 Å². The van der Waals surface area contributed by atoms with E-state index in [2.05, 4.69) is 25.4 Å². The van der Waals surface area contributed by atoms with E-state index in [1.54, 1.807) is 53.6 Å². The number of nitrogens with zero attached hydrogens (tertiary/aromatic N) is 5. The van der Waals surface area contributed by atoms with Gasteiger partial charge in [0.05, 0.1) is 0 Å². The van der Waals surface area contributed by atoms with Crippen molar-refractivity contribution in [1.29, 1.82) is 0 Å². The van der Waals surface area contributed by atoms with Crippen LogP contribution in [0.25, 0.3) is 5.82 Å². The van der Waals surface area contributed by atoms with Gasteiger partial charge in [0.2, 0.25) is 5.95 Å². The highest BCUT2D eigenvalue weighted by Gasteiger charge is 2.10. The number of carbonyl (C=O) groups excluding carboxylic acids is 1. The molecule has 7 heteroatoms. The highest BCUT2D eigenvalue weighted by Crippen LogP contribution is 2.07. The van der Waals surface area contributed by atoms with Crippen molar-refractivity contribution in [3.8, 4) is 5.82 Å². The molecule has 0 spiro atoms. The molecule has 0 fully saturated rings. The molecule has 0 saturated carbocycles. The van der Waals surface area contributed by atoms with Crippen LogP contribution in [0.3, 0.4) is 0 Å². The number of carbonyl (C=O) groups is 1. The van der Waals surface area contributed by atoms with E-state index in [0.717, 1.165) is 5.69 Å². The van der Waals surface area contributed by atoms with Crippen LogP contribution in [0.1, 0.15) is 16.2 Å². The molecule has 21 heavy (non-hydrogen) atoms. The second kappa shape index (κ2) is 5.49. The maximum Gasteiger partial charge on any atom is 0.276 e. The van der Waals surface area contributed by atoms with Crippen molar-refractivity contribution in [2.24, 2.45) is 0 Å². The van der Waals surface area contributed by atoms with E-state index < -0.39 is 0 Å². The van der Waals surface area contributed by atoms with Gasteiger partial charge in [-0.2, -0.15) is 5.10 Å². The van der Waals surface area contributed by atoms with Gasteiger partial charge < -0.3 is 0 Å². The van der Waals surface area contributed by atoms with Crippen molar-refractivity contribution in [3.63, 3.8) is 0 Å². The average Bonchev–Trinajstić information content (AvgIpc) is 3.02. The third-order valence-electron chi connectivity index (χ3n) is 2.73. The molecule has 0 aromatic carbocycles. The molecule has 0 saturated heterocycles. The highest BCUT2D eigenvalue weighted by molar-refractivity contribution is 6.01. The molecule has 3 aromatic heterocycles. The zero-order valence-corrected chi connectivity index (χ0v) is 11.3. The Morgan fingerprint density at radius 2 is 2.05 bits per heavy atom. The zero-order chi connectivity index (χ0) is 14.7. The van der Waals surface area contributed by atoms with Crippen LogP contribution in [-0.2, 0) is 0 Å². The molecular weight excluding hydrogens is 268 g/mol. The van der Waals surface area contributed by atoms with Gasteiger partial charge in [0.25, 0.3) is 5.91 Å². The predicted molar refractivity (Wildman–Crippen MR) is 76.1 cm³/mol. The van der Waals surface area contributed by atoms with Crippen LogP contribution in [0.2, 0.25) is 0 Å². The van der Waals surface area contributed by atoms with Crippen LogP contribution in [0.15, 0.2) is 48.9 Å². The van der Waals surface area contributed by atoms with Gasteiger partial charge in [0.1, 0.15) is 5.69 Å². The van der Waals surface area contributed by atoms with Crippen LogP contribution in [0, 0.1) is 6.92 Å². The second-order valence-corrected chi connectivity index (χ2v) is 4.31. The first-order chi connectivity index (χ1) is 10.2. The standard InChI is InChI=1S/C14H12N6O/c1-10-6-8-15-14(17-10)19-13(21)11-4-2-5-12(18-11)20-9-3-7-16-20/h2-9H,1H3,(H,15,17,19,21). The van der Waals surface area contributed by atoms with E-state index in [-0.39, 0.29) is 17.5 Å². The maximum atomic E-state index is 12.2. The third kappa shape index (κ3) is 2.92. The molecule has 0 aliphatic rings. The number of hydrogen-bond donors (Lipinski definition) is 1. The van der Waals surface area contributed by atoms with Gasteiger partial charge in [0.15, 0.2) is 5.82 Å². The lowest BCUT2D eigenvalue weighted by molar-refractivity contribution is 0.102. The molecule has 1 amide bonds. The number of pyridine rings is 1. The Bertz CT molecular complexity index is 769. The number of hydrogen-bond acceptors (Lipinski definition) is 5. The fourth-order valence-electron chi connectivity index (χ4n) is 1.76. The molecule has 3 heterocycles. The minimum absolute atomic E-state index is 0.256. The summed E-state index contributed by atoms with van der Waals surface area (Å²) < 4.78 is 1.58. The Kier molecular flexibility index (Phi) is 3.38. The first-order valence-corrected chi connectivity index (χ1v) is 6.30. The maximum absolute atomic E-state index is 12.2. The largest absolute Gasteiger partial charge is 0.289 e. The van der Waals surface area contributed by atoms with Crippen molar-refractivity contribution in [1.82, 2.24) is 24.7 Å². The number of anilines is 1. The summed E-state index contributed by atoms with van der Waals surface area (Å²) in [5.41, 5.74) is 1.05. The van der Waals surface area contributed by atoms with Crippen molar-refractivity contribution in [2.45, 2.75) is 6.92 Å². The molecule has 0 aliphatic carbocycles. The molecule has 0 bridgehead atoms. The van der Waals surface area contributed by atoms with Crippen molar-refractivity contribution in [3.05, 3.63) is 60.3 Å². The van der Waals surface area contributed by atoms with E-state index in [1.165, 1.54) is 0 Å². The van der Waals surface area contributed by atoms with Gasteiger partial charge in [0, 0.05) is 24.3 Å². The first-order valence-electron chi connectivity index (χ1n) is 6.30. The predicted octanol–water partition coefficient (Wildman–Crippen LogP) is 1.62. The van der Waals surface area contributed by atoms with E-state index in [4.69, 9.17) is 0 Å². The van der Waals surface area contributed by atoms with Gasteiger partial charge in [-0.15, -0.1) is 0 Å². The van der Waals surface area contributed by atoms with Crippen LogP contribution in [0.5, 0.6) is 0 Å². The molecule has 0 aliphatic heterocycles. The van der Waals surface area contributed by atoms with Crippen LogP contribution in [-0.4, -0.2) is 30.6 Å². The summed E-state index contributed by atoms with van der Waals surface area (Å²) in [4.78, 5) is 24.5. The molecule has 0 radical (unpaired) electrons. The van der Waals surface area contributed by atoms with Gasteiger partial charge in [-0.25, -0.2) is 19.6 Å². The van der Waals surface area contributed by atoms with E-state index in [1.807, 2.05) is 6.92 Å². The topological polar surface area (TPSA) is 85.6 Å². The summed E-state index contributed by atoms with van der Waals surface area (Å²) in [5.74, 6) is 0.457. The summed E-state index contributed by atoms with van der Waals surface area (Å²) in [7, 11) is 0. The van der Waals surface area contributed by atoms with Crippen LogP contribution >= 0.6 is 0 Å². The Morgan fingerprint density at radius 3 is 2.81 bits per heavy atom. The average molecular weight is 280 g/mol. The molecular formula is C14H12N6O. The third-order valence-corrected chi connectivity index (χ3v) is 2.73. The quantitative estimate of drug-likeness (QED) is 0.788. The summed E-state index contributed by atoms with van der Waals surface area (Å²) in [6.07, 6.45) is 4.99. The molecule has 0 atom stereocenters. The summed E-state index contributed by atoms with van der Waals surface area (Å²) in [5, 5.41) is 6.70. The first kappa shape index (κ1) is 12.9. The summed E-state index contributed by atoms with van der Waals surface area (Å²) >= 11 is 0. The Balaban J connectivity index is 1.83. The Hall–Kier alpha value is -3.09. The van der Waals surface area contributed by atoms with Crippen molar-refractivity contribution < 1.29 is 4.79 Å². The zero-order valence-electron chi connectivity index (χ0n) is 11.3. The van der Waals surface area contributed by atoms with E-state index >= 15 is 0 Å². The Morgan fingerprint density at radius 1 is 1.14 bits per heavy atom. The lowest BCUT2D eigenvalue weighted by Crippen LogP contribution is -2.16. The minimum atomic E-state index is -0.366. The molecule has 0 unspecified atom stereocenters. The number of aromatic nitrogens is 5. The normalized spacial score (nSPS) is 10.3. The van der Waals surface area contributed by atoms with Crippen LogP contribution < -0.4 is 5.32 Å². The van der Waals surface area contributed by atoms with Crippen molar-refractivity contribution >= 4 is 11.9 Å². The van der Waals surface area contributed by atoms with E-state index in [9.17, 15) is 4.79 Å². The fraction of sp³-hybridized carbons (Fsp3) is 0.0714. The SMILES string of the molecule is Cc1ccnc(NC(=O)c2cccc(-n3cccn3)n2)n1. The van der Waals surface area contributed by atoms with Crippen molar-refractivity contribution in [2.75, 3.05) is 5.32 Å². The molecule has 104 valence electrons. The number of rotatable bonds is 3. The number of nitrogens with one attached hydrogen (secondary N) is 1. The van der Waals surface area contributed by atoms with Crippen LogP contribution in [0.4, 0.5) is 5.95 Å². The molecule has 3 rings (SSSR count). The van der Waals surface area contributed by atoms with E-state index in [0.29, 0.717) is 5.82 Å². The van der Waals surface area contributed by atoms with Gasteiger partial charge >= 0.3 is 0 Å². The number of amides is 1. The van der Waals surface area contributed by atoms with Gasteiger partial charge in [-0.05, 0) is 31.2 Å². The second-order valence-electron chi connectivity index (χ2n) is 4.31. The highest BCUT2D eigenvalue weighted by atomic mass is 16.2. The monoisotopic (exact) mass is 280 g/mol. The lowest BCUT2D eigenvalue weighted by Gasteiger charge is -2.05. The summed E-state index contributed by atoms with van der Waals surface area (Å²) in [6, 6.07) is 8.68. The number of aryl methyl sites for hydroxylation is 1. The fourth-order valence-corrected chi connectivity index (χ4v) is 1.76. The van der Waals surface area contributed by atoms with Gasteiger partial charge in [-0.3, -0.25) is 10.1 Å². The Labute approximate surface area is 120 Å². The summed E-state index contributed by atoms with van der Waals surface area (Å²) in [6.45, 7) is 1.83. The molecule has 3 aromatic rings. The lowest BCUT2D eigenvalue weighted by atomic mass is 10.3. The molecule has 7 nitrogen and oxygen atoms in total.